The largest absolute Gasteiger partial charge is 0.383 e. The van der Waals surface area contributed by atoms with E-state index in [0.29, 0.717) is 24.4 Å². The molecule has 0 saturated carbocycles. The van der Waals surface area contributed by atoms with E-state index in [9.17, 15) is 19.1 Å². The molecular weight excluding hydrogens is 342 g/mol. The molecule has 0 heterocycles. The van der Waals surface area contributed by atoms with Crippen LogP contribution in [0.4, 0.5) is 11.4 Å². The van der Waals surface area contributed by atoms with Crippen LogP contribution in [0, 0.1) is 10.1 Å². The molecule has 0 aliphatic rings. The molecule has 0 saturated heterocycles. The molecule has 0 aromatic heterocycles. The number of nitro benzene ring substituents is 1. The monoisotopic (exact) mass is 361 g/mol. The summed E-state index contributed by atoms with van der Waals surface area (Å²) < 4.78 is 11.3. The molecular formula is C17H19N3O4S. The zero-order chi connectivity index (χ0) is 18.2. The lowest BCUT2D eigenvalue weighted by molar-refractivity contribution is -0.384. The second-order valence-electron chi connectivity index (χ2n) is 5.40. The summed E-state index contributed by atoms with van der Waals surface area (Å²) in [5.41, 5.74) is 2.16. The van der Waals surface area contributed by atoms with Crippen LogP contribution in [0.1, 0.15) is 15.9 Å². The van der Waals surface area contributed by atoms with E-state index in [2.05, 4.69) is 10.6 Å². The highest BCUT2D eigenvalue weighted by atomic mass is 32.2. The normalized spacial score (nSPS) is 11.6. The Labute approximate surface area is 148 Å². The Morgan fingerprint density at radius 2 is 1.88 bits per heavy atom. The van der Waals surface area contributed by atoms with Crippen LogP contribution in [0.5, 0.6) is 0 Å². The van der Waals surface area contributed by atoms with Crippen LogP contribution >= 0.6 is 0 Å². The minimum atomic E-state index is -0.955. The Morgan fingerprint density at radius 3 is 2.52 bits per heavy atom. The van der Waals surface area contributed by atoms with E-state index in [1.165, 1.54) is 12.1 Å². The van der Waals surface area contributed by atoms with Crippen molar-refractivity contribution in [3.63, 3.8) is 0 Å². The summed E-state index contributed by atoms with van der Waals surface area (Å²) in [6.45, 7) is 0.891. The minimum Gasteiger partial charge on any atom is -0.383 e. The fraction of sp³-hybridized carbons (Fsp3) is 0.235. The Morgan fingerprint density at radius 1 is 1.16 bits per heavy atom. The van der Waals surface area contributed by atoms with E-state index in [4.69, 9.17) is 0 Å². The predicted molar refractivity (Wildman–Crippen MR) is 98.1 cm³/mol. The molecule has 0 bridgehead atoms. The van der Waals surface area contributed by atoms with E-state index in [-0.39, 0.29) is 11.6 Å². The number of nitro groups is 1. The molecule has 0 aliphatic carbocycles. The number of nitrogens with zero attached hydrogens (tertiary/aromatic N) is 1. The van der Waals surface area contributed by atoms with Crippen LogP contribution in [-0.2, 0) is 16.6 Å². The summed E-state index contributed by atoms with van der Waals surface area (Å²) in [6.07, 6.45) is 1.62. The number of anilines is 1. The van der Waals surface area contributed by atoms with Crippen molar-refractivity contribution >= 4 is 28.1 Å². The summed E-state index contributed by atoms with van der Waals surface area (Å²) in [4.78, 5) is 22.3. The van der Waals surface area contributed by atoms with Gasteiger partial charge in [0.2, 0.25) is 0 Å². The number of benzene rings is 2. The van der Waals surface area contributed by atoms with Gasteiger partial charge in [-0.25, -0.2) is 0 Å². The van der Waals surface area contributed by atoms with Gasteiger partial charge in [-0.05, 0) is 29.8 Å². The maximum absolute atomic E-state index is 12.1. The third-order valence-corrected chi connectivity index (χ3v) is 4.12. The van der Waals surface area contributed by atoms with Gasteiger partial charge in [-0.15, -0.1) is 0 Å². The van der Waals surface area contributed by atoms with Crippen molar-refractivity contribution in [2.24, 2.45) is 0 Å². The van der Waals surface area contributed by atoms with Crippen LogP contribution in [0.25, 0.3) is 0 Å². The van der Waals surface area contributed by atoms with Gasteiger partial charge in [-0.1, -0.05) is 12.1 Å². The summed E-state index contributed by atoms with van der Waals surface area (Å²) in [5, 5.41) is 16.5. The van der Waals surface area contributed by atoms with E-state index < -0.39 is 15.7 Å². The quantitative estimate of drug-likeness (QED) is 0.427. The van der Waals surface area contributed by atoms with Crippen molar-refractivity contribution in [1.82, 2.24) is 5.32 Å². The Bertz CT molecular complexity index is 778. The third kappa shape index (κ3) is 6.00. The Balaban J connectivity index is 1.80. The van der Waals surface area contributed by atoms with Crippen molar-refractivity contribution in [2.45, 2.75) is 5.75 Å². The Kier molecular flexibility index (Phi) is 6.64. The van der Waals surface area contributed by atoms with Crippen LogP contribution < -0.4 is 10.6 Å². The van der Waals surface area contributed by atoms with Crippen molar-refractivity contribution in [2.75, 3.05) is 24.7 Å². The Hall–Kier alpha value is -2.74. The zero-order valence-electron chi connectivity index (χ0n) is 13.7. The number of nitrogens with one attached hydrogen (secondary N) is 2. The number of non-ortho nitro benzene ring substituents is 1. The highest BCUT2D eigenvalue weighted by Gasteiger charge is 2.07. The van der Waals surface area contributed by atoms with Gasteiger partial charge < -0.3 is 10.6 Å². The van der Waals surface area contributed by atoms with Gasteiger partial charge in [0.05, 0.1) is 4.92 Å². The topological polar surface area (TPSA) is 101 Å². The SMILES string of the molecule is CS(=O)Cc1cccc(C(=O)NCCNc2ccc([N+](=O)[O-])cc2)c1. The van der Waals surface area contributed by atoms with Gasteiger partial charge in [0.1, 0.15) is 0 Å². The molecule has 0 spiro atoms. The highest BCUT2D eigenvalue weighted by molar-refractivity contribution is 7.83. The summed E-state index contributed by atoms with van der Waals surface area (Å²) in [5.74, 6) is 0.220. The van der Waals surface area contributed by atoms with E-state index >= 15 is 0 Å². The molecule has 1 atom stereocenters. The molecule has 0 aliphatic heterocycles. The van der Waals surface area contributed by atoms with Crippen molar-refractivity contribution in [3.8, 4) is 0 Å². The molecule has 2 rings (SSSR count). The molecule has 25 heavy (non-hydrogen) atoms. The molecule has 8 heteroatoms. The first kappa shape index (κ1) is 18.6. The van der Waals surface area contributed by atoms with Crippen molar-refractivity contribution in [1.29, 1.82) is 0 Å². The molecule has 0 fully saturated rings. The van der Waals surface area contributed by atoms with Crippen molar-refractivity contribution in [3.05, 3.63) is 69.8 Å². The predicted octanol–water partition coefficient (Wildman–Crippen LogP) is 2.32. The second kappa shape index (κ2) is 8.93. The van der Waals surface area contributed by atoms with Crippen LogP contribution in [0.3, 0.4) is 0 Å². The number of carbonyl (C=O) groups is 1. The maximum Gasteiger partial charge on any atom is 0.269 e. The molecule has 1 unspecified atom stereocenters. The first-order chi connectivity index (χ1) is 12.0. The zero-order valence-corrected chi connectivity index (χ0v) is 14.5. The minimum absolute atomic E-state index is 0.0340. The van der Waals surface area contributed by atoms with Crippen molar-refractivity contribution < 1.29 is 13.9 Å². The van der Waals surface area contributed by atoms with Crippen LogP contribution in [0.15, 0.2) is 48.5 Å². The molecule has 2 aromatic rings. The number of hydrogen-bond donors (Lipinski definition) is 2. The van der Waals surface area contributed by atoms with Gasteiger partial charge in [-0.2, -0.15) is 0 Å². The lowest BCUT2D eigenvalue weighted by Gasteiger charge is -2.09. The number of hydrogen-bond acceptors (Lipinski definition) is 5. The fourth-order valence-corrected chi connectivity index (χ4v) is 2.87. The average molecular weight is 361 g/mol. The average Bonchev–Trinajstić information content (AvgIpc) is 2.58. The number of amides is 1. The first-order valence-corrected chi connectivity index (χ1v) is 9.34. The molecule has 2 N–H and O–H groups in total. The first-order valence-electron chi connectivity index (χ1n) is 7.61. The summed E-state index contributed by atoms with van der Waals surface area (Å²) >= 11 is 0. The second-order valence-corrected chi connectivity index (χ2v) is 6.84. The fourth-order valence-electron chi connectivity index (χ4n) is 2.22. The van der Waals surface area contributed by atoms with Gasteiger partial charge in [-0.3, -0.25) is 19.1 Å². The lowest BCUT2D eigenvalue weighted by atomic mass is 10.1. The summed E-state index contributed by atoms with van der Waals surface area (Å²) in [6, 6.07) is 13.1. The third-order valence-electron chi connectivity index (χ3n) is 3.38. The lowest BCUT2D eigenvalue weighted by Crippen LogP contribution is -2.28. The van der Waals surface area contributed by atoms with E-state index in [1.807, 2.05) is 6.07 Å². The van der Waals surface area contributed by atoms with E-state index in [1.54, 1.807) is 36.6 Å². The van der Waals surface area contributed by atoms with E-state index in [0.717, 1.165) is 11.3 Å². The number of rotatable bonds is 8. The molecule has 0 radical (unpaired) electrons. The van der Waals surface area contributed by atoms with Crippen LogP contribution in [-0.4, -0.2) is 34.4 Å². The van der Waals surface area contributed by atoms with Gasteiger partial charge >= 0.3 is 0 Å². The molecule has 1 amide bonds. The highest BCUT2D eigenvalue weighted by Crippen LogP contribution is 2.14. The molecule has 132 valence electrons. The molecule has 7 nitrogen and oxygen atoms in total. The smallest absolute Gasteiger partial charge is 0.269 e. The van der Waals surface area contributed by atoms with Gasteiger partial charge in [0.15, 0.2) is 0 Å². The number of carbonyl (C=O) groups excluding carboxylic acids is 1. The standard InChI is InChI=1S/C17H19N3O4S/c1-25(24)12-13-3-2-4-14(11-13)17(21)19-10-9-18-15-5-7-16(8-6-15)20(22)23/h2-8,11,18H,9-10,12H2,1H3,(H,19,21). The summed E-state index contributed by atoms with van der Waals surface area (Å²) in [7, 11) is -0.955. The van der Waals surface area contributed by atoms with Gasteiger partial charge in [0, 0.05) is 59.3 Å². The van der Waals surface area contributed by atoms with Gasteiger partial charge in [0.25, 0.3) is 11.6 Å². The van der Waals surface area contributed by atoms with Crippen LogP contribution in [0.2, 0.25) is 0 Å². The maximum atomic E-state index is 12.1. The molecule has 2 aromatic carbocycles.